The van der Waals surface area contributed by atoms with Crippen LogP contribution in [0.5, 0.6) is 0 Å². The SMILES string of the molecule is C=C/C=C(\C/C=C\C/C=C/c1ccc(/C=C/c2ccc(N(CCCC)CCCC)cc2)cc1)N(CCC)CCCC.CC. The monoisotopic (exact) mass is 582 g/mol. The molecular weight excluding hydrogens is 520 g/mol. The van der Waals surface area contributed by atoms with Crippen LogP contribution < -0.4 is 4.90 Å². The van der Waals surface area contributed by atoms with Gasteiger partial charge in [0.25, 0.3) is 0 Å². The lowest BCUT2D eigenvalue weighted by Gasteiger charge is -2.26. The molecule has 0 saturated heterocycles. The van der Waals surface area contributed by atoms with Crippen LogP contribution >= 0.6 is 0 Å². The average molecular weight is 583 g/mol. The van der Waals surface area contributed by atoms with Crippen LogP contribution in [0.1, 0.15) is 116 Å². The average Bonchev–Trinajstić information content (AvgIpc) is 3.05. The molecule has 0 aliphatic carbocycles. The number of hydrogen-bond donors (Lipinski definition) is 0. The summed E-state index contributed by atoms with van der Waals surface area (Å²) in [4.78, 5) is 5.06. The zero-order chi connectivity index (χ0) is 31.5. The maximum Gasteiger partial charge on any atom is 0.0366 e. The molecule has 2 aromatic carbocycles. The molecular formula is C41H62N2. The van der Waals surface area contributed by atoms with Crippen molar-refractivity contribution in [2.75, 3.05) is 31.1 Å². The molecule has 0 aromatic heterocycles. The normalized spacial score (nSPS) is 11.7. The Balaban J connectivity index is 0.00000452. The summed E-state index contributed by atoms with van der Waals surface area (Å²) in [5.74, 6) is 0. The largest absolute Gasteiger partial charge is 0.375 e. The second-order valence-corrected chi connectivity index (χ2v) is 10.8. The van der Waals surface area contributed by atoms with E-state index in [1.165, 1.54) is 73.0 Å². The molecule has 43 heavy (non-hydrogen) atoms. The van der Waals surface area contributed by atoms with Crippen LogP contribution in [0, 0.1) is 0 Å². The van der Waals surface area contributed by atoms with Gasteiger partial charge in [0.1, 0.15) is 0 Å². The van der Waals surface area contributed by atoms with Crippen molar-refractivity contribution in [3.05, 3.63) is 108 Å². The van der Waals surface area contributed by atoms with E-state index in [0.29, 0.717) is 0 Å². The van der Waals surface area contributed by atoms with E-state index in [2.05, 4.69) is 135 Å². The molecule has 0 N–H and O–H groups in total. The summed E-state index contributed by atoms with van der Waals surface area (Å²) >= 11 is 0. The van der Waals surface area contributed by atoms with Gasteiger partial charge in [-0.15, -0.1) is 0 Å². The van der Waals surface area contributed by atoms with Crippen molar-refractivity contribution in [2.24, 2.45) is 0 Å². The molecule has 0 saturated carbocycles. The number of rotatable bonds is 21. The molecule has 0 unspecified atom stereocenters. The number of allylic oxidation sites excluding steroid dienone is 5. The Labute approximate surface area is 266 Å². The predicted octanol–water partition coefficient (Wildman–Crippen LogP) is 12.2. The van der Waals surface area contributed by atoms with Gasteiger partial charge in [-0.05, 0) is 67.0 Å². The molecule has 2 heteroatoms. The lowest BCUT2D eigenvalue weighted by atomic mass is 10.1. The number of anilines is 1. The molecule has 0 fully saturated rings. The Morgan fingerprint density at radius 3 is 1.63 bits per heavy atom. The van der Waals surface area contributed by atoms with Crippen LogP contribution in [0.2, 0.25) is 0 Å². The van der Waals surface area contributed by atoms with Gasteiger partial charge in [-0.1, -0.05) is 146 Å². The predicted molar refractivity (Wildman–Crippen MR) is 198 cm³/mol. The van der Waals surface area contributed by atoms with Crippen molar-refractivity contribution in [1.29, 1.82) is 0 Å². The molecule has 0 atom stereocenters. The zero-order valence-electron chi connectivity index (χ0n) is 28.5. The summed E-state index contributed by atoms with van der Waals surface area (Å²) in [6.07, 6.45) is 28.0. The van der Waals surface area contributed by atoms with Gasteiger partial charge in [0.05, 0.1) is 0 Å². The van der Waals surface area contributed by atoms with Gasteiger partial charge in [-0.25, -0.2) is 0 Å². The fraction of sp³-hybridized carbons (Fsp3) is 0.463. The van der Waals surface area contributed by atoms with Crippen LogP contribution in [-0.4, -0.2) is 31.1 Å². The highest BCUT2D eigenvalue weighted by Gasteiger charge is 2.07. The van der Waals surface area contributed by atoms with Crippen molar-refractivity contribution in [3.63, 3.8) is 0 Å². The third kappa shape index (κ3) is 16.2. The van der Waals surface area contributed by atoms with E-state index in [-0.39, 0.29) is 0 Å². The Kier molecular flexibility index (Phi) is 22.2. The van der Waals surface area contributed by atoms with Gasteiger partial charge in [0.2, 0.25) is 0 Å². The standard InChI is InChI=1S/C39H56N2.C2H6/c1-6-11-32-40(31-10-5)38(18-9-4)20-17-15-14-16-19-35-21-23-36(24-22-35)25-26-37-27-29-39(30-28-37)41(33-12-7-2)34-13-8-3;1-2/h9,15-19,21-30H,4,6-8,10-14,20,31-34H2,1-3,5H3;1-2H3/b17-15-,19-16+,26-25+,38-18+;. The highest BCUT2D eigenvalue weighted by molar-refractivity contribution is 5.71. The Morgan fingerprint density at radius 2 is 1.12 bits per heavy atom. The van der Waals surface area contributed by atoms with Gasteiger partial charge in [-0.2, -0.15) is 0 Å². The third-order valence-corrected chi connectivity index (χ3v) is 7.29. The first kappa shape index (κ1) is 37.8. The fourth-order valence-corrected chi connectivity index (χ4v) is 4.81. The molecule has 2 nitrogen and oxygen atoms in total. The number of benzene rings is 2. The summed E-state index contributed by atoms with van der Waals surface area (Å²) in [6, 6.07) is 17.8. The molecule has 2 aromatic rings. The summed E-state index contributed by atoms with van der Waals surface area (Å²) in [5.41, 5.74) is 6.41. The van der Waals surface area contributed by atoms with E-state index in [1.807, 2.05) is 19.9 Å². The van der Waals surface area contributed by atoms with Gasteiger partial charge in [-0.3, -0.25) is 0 Å². The molecule has 0 spiro atoms. The van der Waals surface area contributed by atoms with Crippen molar-refractivity contribution in [2.45, 2.75) is 99.3 Å². The minimum Gasteiger partial charge on any atom is -0.375 e. The lowest BCUT2D eigenvalue weighted by molar-refractivity contribution is 0.332. The number of nitrogens with zero attached hydrogens (tertiary/aromatic N) is 2. The highest BCUT2D eigenvalue weighted by atomic mass is 15.1. The van der Waals surface area contributed by atoms with E-state index >= 15 is 0 Å². The van der Waals surface area contributed by atoms with Crippen LogP contribution in [0.4, 0.5) is 5.69 Å². The summed E-state index contributed by atoms with van der Waals surface area (Å²) in [7, 11) is 0. The highest BCUT2D eigenvalue weighted by Crippen LogP contribution is 2.19. The molecule has 0 bridgehead atoms. The third-order valence-electron chi connectivity index (χ3n) is 7.29. The summed E-state index contributed by atoms with van der Waals surface area (Å²) in [5, 5.41) is 0. The minimum absolute atomic E-state index is 0.941. The van der Waals surface area contributed by atoms with Gasteiger partial charge in [0, 0.05) is 44.0 Å². The maximum absolute atomic E-state index is 3.93. The number of unbranched alkanes of at least 4 members (excludes halogenated alkanes) is 3. The molecule has 0 amide bonds. The van der Waals surface area contributed by atoms with Crippen LogP contribution in [-0.2, 0) is 0 Å². The Morgan fingerprint density at radius 1 is 0.605 bits per heavy atom. The molecule has 0 radical (unpaired) electrons. The molecule has 0 aliphatic rings. The maximum atomic E-state index is 3.93. The van der Waals surface area contributed by atoms with Crippen molar-refractivity contribution < 1.29 is 0 Å². The molecule has 236 valence electrons. The second kappa shape index (κ2) is 25.3. The molecule has 0 aliphatic heterocycles. The first-order chi connectivity index (χ1) is 21.1. The van der Waals surface area contributed by atoms with Crippen molar-refractivity contribution in [1.82, 2.24) is 4.90 Å². The topological polar surface area (TPSA) is 6.48 Å². The minimum atomic E-state index is 0.941. The van der Waals surface area contributed by atoms with Gasteiger partial charge in [0.15, 0.2) is 0 Å². The van der Waals surface area contributed by atoms with Crippen LogP contribution in [0.3, 0.4) is 0 Å². The molecule has 2 rings (SSSR count). The lowest BCUT2D eigenvalue weighted by Crippen LogP contribution is -2.25. The first-order valence-corrected chi connectivity index (χ1v) is 17.2. The number of hydrogen-bond acceptors (Lipinski definition) is 2. The van der Waals surface area contributed by atoms with Crippen molar-refractivity contribution >= 4 is 23.9 Å². The van der Waals surface area contributed by atoms with E-state index in [0.717, 1.165) is 39.0 Å². The summed E-state index contributed by atoms with van der Waals surface area (Å²) < 4.78 is 0. The van der Waals surface area contributed by atoms with Crippen LogP contribution in [0.25, 0.3) is 18.2 Å². The Bertz CT molecular complexity index is 1060. The first-order valence-electron chi connectivity index (χ1n) is 17.2. The van der Waals surface area contributed by atoms with E-state index < -0.39 is 0 Å². The van der Waals surface area contributed by atoms with Gasteiger partial charge >= 0.3 is 0 Å². The van der Waals surface area contributed by atoms with E-state index in [1.54, 1.807) is 0 Å². The molecule has 0 heterocycles. The van der Waals surface area contributed by atoms with Gasteiger partial charge < -0.3 is 9.80 Å². The van der Waals surface area contributed by atoms with E-state index in [9.17, 15) is 0 Å². The fourth-order valence-electron chi connectivity index (χ4n) is 4.81. The second-order valence-electron chi connectivity index (χ2n) is 10.8. The Hall–Kier alpha value is -3.26. The van der Waals surface area contributed by atoms with Crippen molar-refractivity contribution in [3.8, 4) is 0 Å². The summed E-state index contributed by atoms with van der Waals surface area (Å²) in [6.45, 7) is 21.5. The quantitative estimate of drug-likeness (QED) is 0.0820. The van der Waals surface area contributed by atoms with E-state index in [4.69, 9.17) is 0 Å². The smallest absolute Gasteiger partial charge is 0.0366 e. The zero-order valence-corrected chi connectivity index (χ0v) is 28.5. The van der Waals surface area contributed by atoms with Crippen LogP contribution in [0.15, 0.2) is 91.2 Å².